The van der Waals surface area contributed by atoms with E-state index in [1.807, 2.05) is 0 Å². The number of halogens is 1. The Bertz CT molecular complexity index is 1550. The van der Waals surface area contributed by atoms with E-state index >= 15 is 0 Å². The van der Waals surface area contributed by atoms with Gasteiger partial charge in [0.25, 0.3) is 5.91 Å². The van der Waals surface area contributed by atoms with Crippen LogP contribution in [0, 0.1) is 6.92 Å². The van der Waals surface area contributed by atoms with Gasteiger partial charge in [0, 0.05) is 35.2 Å². The van der Waals surface area contributed by atoms with Gasteiger partial charge in [0.1, 0.15) is 23.7 Å². The zero-order valence-corrected chi connectivity index (χ0v) is 21.4. The number of benzene rings is 2. The van der Waals surface area contributed by atoms with Gasteiger partial charge in [-0.1, -0.05) is 11.6 Å². The van der Waals surface area contributed by atoms with Crippen LogP contribution in [0.5, 0.6) is 11.5 Å². The normalized spacial score (nSPS) is 11.3. The number of carbonyl (C=O) groups is 2. The lowest BCUT2D eigenvalue weighted by Crippen LogP contribution is -2.22. The molecular formula is C27H24ClN3O6. The molecule has 0 spiro atoms. The molecular weight excluding hydrogens is 498 g/mol. The van der Waals surface area contributed by atoms with Gasteiger partial charge in [0.2, 0.25) is 5.55 Å². The molecule has 4 rings (SSSR count). The van der Waals surface area contributed by atoms with E-state index in [-0.39, 0.29) is 17.7 Å². The monoisotopic (exact) mass is 521 g/mol. The molecule has 4 aromatic rings. The topological polar surface area (TPSA) is 112 Å². The van der Waals surface area contributed by atoms with Gasteiger partial charge in [-0.3, -0.25) is 14.6 Å². The minimum atomic E-state index is -0.491. The van der Waals surface area contributed by atoms with Crippen LogP contribution in [0.3, 0.4) is 0 Å². The zero-order chi connectivity index (χ0) is 26.5. The third kappa shape index (κ3) is 5.90. The molecule has 9 nitrogen and oxygen atoms in total. The summed E-state index contributed by atoms with van der Waals surface area (Å²) in [5.74, 6) is 0.0589. The summed E-state index contributed by atoms with van der Waals surface area (Å²) in [6.45, 7) is 3.06. The Morgan fingerprint density at radius 2 is 1.84 bits per heavy atom. The fraction of sp³-hybridized carbons (Fsp3) is 0.185. The van der Waals surface area contributed by atoms with E-state index in [1.54, 1.807) is 68.8 Å². The first-order chi connectivity index (χ1) is 17.8. The highest BCUT2D eigenvalue weighted by Gasteiger charge is 2.18. The van der Waals surface area contributed by atoms with Crippen molar-refractivity contribution in [3.63, 3.8) is 0 Å². The molecule has 2 aromatic heterocycles. The van der Waals surface area contributed by atoms with Crippen molar-refractivity contribution < 1.29 is 28.2 Å². The summed E-state index contributed by atoms with van der Waals surface area (Å²) in [6.07, 6.45) is 1.58. The molecule has 190 valence electrons. The first-order valence-corrected chi connectivity index (χ1v) is 11.6. The predicted octanol–water partition coefficient (Wildman–Crippen LogP) is 5.35. The van der Waals surface area contributed by atoms with Gasteiger partial charge in [-0.05, 0) is 49.4 Å². The number of aryl methyl sites for hydroxylation is 1. The number of nitrogens with zero attached hydrogens (tertiary/aromatic N) is 2. The van der Waals surface area contributed by atoms with Gasteiger partial charge >= 0.3 is 5.97 Å². The molecule has 0 saturated heterocycles. The number of esters is 1. The summed E-state index contributed by atoms with van der Waals surface area (Å²) in [7, 11) is 3.03. The Balaban J connectivity index is 1.88. The van der Waals surface area contributed by atoms with Gasteiger partial charge in [-0.25, -0.2) is 4.99 Å². The SMILES string of the molecule is COc1ccc(NC(=O)c2cc3c(COC(C)=O)cnc(C)c3oc2=Nc2ccc(Cl)cc2)c(OC)c1. The molecule has 0 saturated carbocycles. The van der Waals surface area contributed by atoms with Crippen molar-refractivity contribution >= 4 is 45.8 Å². The van der Waals surface area contributed by atoms with Crippen LogP contribution in [0.25, 0.3) is 11.0 Å². The molecule has 1 N–H and O–H groups in total. The van der Waals surface area contributed by atoms with Crippen LogP contribution in [0.2, 0.25) is 5.02 Å². The molecule has 2 aromatic carbocycles. The number of fused-ring (bicyclic) bond motifs is 1. The molecule has 0 aliphatic heterocycles. The first-order valence-electron chi connectivity index (χ1n) is 11.2. The molecule has 0 radical (unpaired) electrons. The maximum Gasteiger partial charge on any atom is 0.302 e. The molecule has 2 heterocycles. The largest absolute Gasteiger partial charge is 0.497 e. The third-order valence-corrected chi connectivity index (χ3v) is 5.69. The number of methoxy groups -OCH3 is 2. The van der Waals surface area contributed by atoms with Crippen molar-refractivity contribution in [3.8, 4) is 11.5 Å². The average Bonchev–Trinajstić information content (AvgIpc) is 2.89. The number of amides is 1. The average molecular weight is 522 g/mol. The van der Waals surface area contributed by atoms with Gasteiger partial charge in [-0.15, -0.1) is 0 Å². The van der Waals surface area contributed by atoms with Crippen molar-refractivity contribution in [2.45, 2.75) is 20.5 Å². The van der Waals surface area contributed by atoms with Crippen molar-refractivity contribution in [2.75, 3.05) is 19.5 Å². The third-order valence-electron chi connectivity index (χ3n) is 5.44. The van der Waals surface area contributed by atoms with Crippen LogP contribution in [0.1, 0.15) is 28.5 Å². The number of rotatable bonds is 7. The molecule has 0 aliphatic carbocycles. The molecule has 0 bridgehead atoms. The van der Waals surface area contributed by atoms with E-state index in [0.717, 1.165) is 0 Å². The Hall–Kier alpha value is -4.37. The number of pyridine rings is 1. The second-order valence-electron chi connectivity index (χ2n) is 7.97. The Labute approximate surface area is 217 Å². The molecule has 1 amide bonds. The molecule has 0 atom stereocenters. The van der Waals surface area contributed by atoms with E-state index < -0.39 is 11.9 Å². The number of aromatic nitrogens is 1. The number of hydrogen-bond acceptors (Lipinski definition) is 8. The van der Waals surface area contributed by atoms with Gasteiger partial charge in [-0.2, -0.15) is 0 Å². The van der Waals surface area contributed by atoms with Gasteiger partial charge in [0.15, 0.2) is 5.58 Å². The summed E-state index contributed by atoms with van der Waals surface area (Å²) < 4.78 is 22.0. The highest BCUT2D eigenvalue weighted by molar-refractivity contribution is 6.30. The van der Waals surface area contributed by atoms with Crippen molar-refractivity contribution in [3.05, 3.63) is 82.1 Å². The summed E-state index contributed by atoms with van der Waals surface area (Å²) in [6, 6.07) is 13.5. The van der Waals surface area contributed by atoms with E-state index in [0.29, 0.717) is 50.1 Å². The second kappa shape index (κ2) is 11.1. The summed E-state index contributed by atoms with van der Waals surface area (Å²) in [5, 5.41) is 3.97. The Kier molecular flexibility index (Phi) is 7.74. The van der Waals surface area contributed by atoms with Crippen molar-refractivity contribution in [2.24, 2.45) is 4.99 Å². The number of ether oxygens (including phenoxy) is 3. The number of nitrogens with one attached hydrogen (secondary N) is 1. The molecule has 0 unspecified atom stereocenters. The smallest absolute Gasteiger partial charge is 0.302 e. The minimum Gasteiger partial charge on any atom is -0.497 e. The Morgan fingerprint density at radius 3 is 2.51 bits per heavy atom. The molecule has 37 heavy (non-hydrogen) atoms. The highest BCUT2D eigenvalue weighted by atomic mass is 35.5. The van der Waals surface area contributed by atoms with E-state index in [1.165, 1.54) is 14.0 Å². The van der Waals surface area contributed by atoms with Crippen LogP contribution >= 0.6 is 11.6 Å². The van der Waals surface area contributed by atoms with Crippen molar-refractivity contribution in [1.29, 1.82) is 0 Å². The van der Waals surface area contributed by atoms with Gasteiger partial charge < -0.3 is 23.9 Å². The lowest BCUT2D eigenvalue weighted by Gasteiger charge is -2.13. The number of hydrogen-bond donors (Lipinski definition) is 1. The van der Waals surface area contributed by atoms with Crippen LogP contribution < -0.4 is 20.3 Å². The van der Waals surface area contributed by atoms with Crippen LogP contribution in [-0.4, -0.2) is 31.1 Å². The highest BCUT2D eigenvalue weighted by Crippen LogP contribution is 2.30. The summed E-state index contributed by atoms with van der Waals surface area (Å²) in [4.78, 5) is 33.9. The van der Waals surface area contributed by atoms with E-state index in [2.05, 4.69) is 15.3 Å². The van der Waals surface area contributed by atoms with Crippen LogP contribution in [0.4, 0.5) is 11.4 Å². The maximum atomic E-state index is 13.6. The van der Waals surface area contributed by atoms with Crippen LogP contribution in [0.15, 0.2) is 64.1 Å². The van der Waals surface area contributed by atoms with Gasteiger partial charge in [0.05, 0.1) is 31.3 Å². The first kappa shape index (κ1) is 25.7. The minimum absolute atomic E-state index is 0.0321. The zero-order valence-electron chi connectivity index (χ0n) is 20.6. The fourth-order valence-corrected chi connectivity index (χ4v) is 3.68. The summed E-state index contributed by atoms with van der Waals surface area (Å²) >= 11 is 6.01. The number of carbonyl (C=O) groups excluding carboxylic acids is 2. The number of anilines is 1. The van der Waals surface area contributed by atoms with E-state index in [9.17, 15) is 9.59 Å². The maximum absolute atomic E-state index is 13.6. The lowest BCUT2D eigenvalue weighted by atomic mass is 10.1. The second-order valence-corrected chi connectivity index (χ2v) is 8.40. The predicted molar refractivity (Wildman–Crippen MR) is 138 cm³/mol. The Morgan fingerprint density at radius 1 is 1.08 bits per heavy atom. The summed E-state index contributed by atoms with van der Waals surface area (Å²) in [5.41, 5.74) is 2.74. The quantitative estimate of drug-likeness (QED) is 0.326. The molecule has 0 fully saturated rings. The van der Waals surface area contributed by atoms with Crippen LogP contribution in [-0.2, 0) is 16.1 Å². The fourth-order valence-electron chi connectivity index (χ4n) is 3.55. The standard InChI is InChI=1S/C27H24ClN3O6/c1-15-25-21(17(13-29-15)14-36-16(2)32)12-22(27(37-25)30-19-7-5-18(28)6-8-19)26(33)31-23-10-9-20(34-3)11-24(23)35-4/h5-13H,14H2,1-4H3,(H,31,33). The lowest BCUT2D eigenvalue weighted by molar-refractivity contribution is -0.142. The molecule has 0 aliphatic rings. The molecule has 10 heteroatoms. The van der Waals surface area contributed by atoms with Crippen molar-refractivity contribution in [1.82, 2.24) is 4.98 Å². The van der Waals surface area contributed by atoms with E-state index in [4.69, 9.17) is 30.2 Å².